The predicted molar refractivity (Wildman–Crippen MR) is 126 cm³/mol. The summed E-state index contributed by atoms with van der Waals surface area (Å²) in [5.74, 6) is 6.29. The van der Waals surface area contributed by atoms with E-state index in [-0.39, 0.29) is 5.82 Å². The van der Waals surface area contributed by atoms with Crippen molar-refractivity contribution in [2.45, 2.75) is 58.8 Å². The van der Waals surface area contributed by atoms with E-state index in [1.165, 1.54) is 24.8 Å². The van der Waals surface area contributed by atoms with E-state index in [1.807, 2.05) is 36.4 Å². The van der Waals surface area contributed by atoms with E-state index >= 15 is 0 Å². The molecule has 0 fully saturated rings. The van der Waals surface area contributed by atoms with Gasteiger partial charge in [-0.3, -0.25) is 0 Å². The van der Waals surface area contributed by atoms with Crippen molar-refractivity contribution >= 4 is 0 Å². The van der Waals surface area contributed by atoms with Crippen LogP contribution in [0.4, 0.5) is 4.39 Å². The van der Waals surface area contributed by atoms with Crippen LogP contribution in [-0.2, 0) is 12.8 Å². The van der Waals surface area contributed by atoms with Gasteiger partial charge in [0.05, 0.1) is 0 Å². The molecule has 30 heavy (non-hydrogen) atoms. The second-order valence-electron chi connectivity index (χ2n) is 7.90. The molecule has 0 unspecified atom stereocenters. The Hall–Kier alpha value is -2.85. The average molecular weight is 399 g/mol. The molecule has 3 aromatic rings. The van der Waals surface area contributed by atoms with Crippen molar-refractivity contribution in [3.63, 3.8) is 0 Å². The molecule has 0 N–H and O–H groups in total. The molecule has 154 valence electrons. The van der Waals surface area contributed by atoms with Gasteiger partial charge in [-0.2, -0.15) is 0 Å². The molecule has 0 heterocycles. The summed E-state index contributed by atoms with van der Waals surface area (Å²) in [7, 11) is 0. The van der Waals surface area contributed by atoms with E-state index in [9.17, 15) is 4.39 Å². The van der Waals surface area contributed by atoms with Gasteiger partial charge in [0.2, 0.25) is 0 Å². The summed E-state index contributed by atoms with van der Waals surface area (Å²) in [6, 6.07) is 22.0. The van der Waals surface area contributed by atoms with Crippen LogP contribution in [0, 0.1) is 17.7 Å². The molecule has 0 saturated carbocycles. The lowest BCUT2D eigenvalue weighted by molar-refractivity contribution is 0.627. The fourth-order valence-electron chi connectivity index (χ4n) is 3.54. The molecular formula is C29H31F. The van der Waals surface area contributed by atoms with Crippen molar-refractivity contribution in [1.29, 1.82) is 0 Å². The zero-order valence-electron chi connectivity index (χ0n) is 18.2. The van der Waals surface area contributed by atoms with E-state index in [0.717, 1.165) is 47.9 Å². The van der Waals surface area contributed by atoms with Gasteiger partial charge < -0.3 is 0 Å². The van der Waals surface area contributed by atoms with Crippen LogP contribution in [0.3, 0.4) is 0 Å². The number of aryl methyl sites for hydroxylation is 2. The molecule has 0 aliphatic heterocycles. The minimum atomic E-state index is -0.151. The maximum Gasteiger partial charge on any atom is 0.131 e. The Kier molecular flexibility index (Phi) is 8.28. The summed E-state index contributed by atoms with van der Waals surface area (Å²) in [5, 5.41) is 0. The molecule has 0 aliphatic rings. The van der Waals surface area contributed by atoms with Crippen molar-refractivity contribution in [3.05, 3.63) is 94.8 Å². The topological polar surface area (TPSA) is 0 Å². The third-order valence-corrected chi connectivity index (χ3v) is 5.42. The molecule has 0 nitrogen and oxygen atoms in total. The lowest BCUT2D eigenvalue weighted by atomic mass is 10.00. The first-order valence-electron chi connectivity index (χ1n) is 11.2. The zero-order chi connectivity index (χ0) is 21.2. The third-order valence-electron chi connectivity index (χ3n) is 5.42. The van der Waals surface area contributed by atoms with Crippen LogP contribution in [0.5, 0.6) is 0 Å². The smallest absolute Gasteiger partial charge is 0.131 e. The van der Waals surface area contributed by atoms with Gasteiger partial charge in [-0.25, -0.2) is 4.39 Å². The second kappa shape index (κ2) is 11.4. The van der Waals surface area contributed by atoms with Crippen LogP contribution in [0.2, 0.25) is 0 Å². The van der Waals surface area contributed by atoms with Gasteiger partial charge in [0.15, 0.2) is 0 Å². The minimum Gasteiger partial charge on any atom is -0.206 e. The molecule has 0 bridgehead atoms. The maximum absolute atomic E-state index is 14.5. The average Bonchev–Trinajstić information content (AvgIpc) is 2.78. The highest BCUT2D eigenvalue weighted by Crippen LogP contribution is 2.24. The van der Waals surface area contributed by atoms with E-state index in [1.54, 1.807) is 6.07 Å². The standard InChI is InChI=1S/C29H31F/c1-3-5-7-9-23-10-12-24(13-11-23)14-15-25-16-19-27(20-17-25)28-21-18-26(8-6-4-2)22-29(28)30/h10-13,16-22H,3-9H2,1-2H3. The van der Waals surface area contributed by atoms with Crippen molar-refractivity contribution in [3.8, 4) is 23.0 Å². The van der Waals surface area contributed by atoms with Crippen molar-refractivity contribution < 1.29 is 4.39 Å². The Bertz CT molecular complexity index is 985. The fourth-order valence-corrected chi connectivity index (χ4v) is 3.54. The molecule has 0 aliphatic carbocycles. The largest absolute Gasteiger partial charge is 0.206 e. The number of hydrogen-bond acceptors (Lipinski definition) is 0. The van der Waals surface area contributed by atoms with Gasteiger partial charge >= 0.3 is 0 Å². The van der Waals surface area contributed by atoms with Gasteiger partial charge in [0.25, 0.3) is 0 Å². The van der Waals surface area contributed by atoms with Gasteiger partial charge in [-0.1, -0.05) is 81.3 Å². The lowest BCUT2D eigenvalue weighted by Gasteiger charge is -2.06. The van der Waals surface area contributed by atoms with Crippen LogP contribution in [-0.4, -0.2) is 0 Å². The van der Waals surface area contributed by atoms with Gasteiger partial charge in [-0.05, 0) is 72.7 Å². The number of benzene rings is 3. The van der Waals surface area contributed by atoms with Crippen molar-refractivity contribution in [2.24, 2.45) is 0 Å². The molecule has 0 radical (unpaired) electrons. The molecule has 0 amide bonds. The molecule has 1 heteroatoms. The lowest BCUT2D eigenvalue weighted by Crippen LogP contribution is -1.90. The number of halogens is 1. The molecule has 0 saturated heterocycles. The SMILES string of the molecule is CCCCCc1ccc(C#Cc2ccc(-c3ccc(CCCC)cc3F)cc2)cc1. The third kappa shape index (κ3) is 6.33. The summed E-state index contributed by atoms with van der Waals surface area (Å²) >= 11 is 0. The summed E-state index contributed by atoms with van der Waals surface area (Å²) < 4.78 is 14.5. The van der Waals surface area contributed by atoms with Gasteiger partial charge in [0.1, 0.15) is 5.82 Å². The Morgan fingerprint density at radius 2 is 1.20 bits per heavy atom. The number of hydrogen-bond donors (Lipinski definition) is 0. The maximum atomic E-state index is 14.5. The highest BCUT2D eigenvalue weighted by atomic mass is 19.1. The van der Waals surface area contributed by atoms with Gasteiger partial charge in [-0.15, -0.1) is 0 Å². The highest BCUT2D eigenvalue weighted by molar-refractivity contribution is 5.65. The highest BCUT2D eigenvalue weighted by Gasteiger charge is 2.06. The van der Waals surface area contributed by atoms with Crippen LogP contribution < -0.4 is 0 Å². The van der Waals surface area contributed by atoms with Crippen molar-refractivity contribution in [1.82, 2.24) is 0 Å². The van der Waals surface area contributed by atoms with E-state index < -0.39 is 0 Å². The van der Waals surface area contributed by atoms with Crippen LogP contribution in [0.15, 0.2) is 66.7 Å². The first kappa shape index (κ1) is 21.8. The Labute approximate surface area is 181 Å². The first-order chi connectivity index (χ1) is 14.7. The Morgan fingerprint density at radius 3 is 1.80 bits per heavy atom. The fraction of sp³-hybridized carbons (Fsp3) is 0.310. The first-order valence-corrected chi connectivity index (χ1v) is 11.2. The molecule has 3 aromatic carbocycles. The Morgan fingerprint density at radius 1 is 0.633 bits per heavy atom. The molecule has 0 spiro atoms. The summed E-state index contributed by atoms with van der Waals surface area (Å²) in [4.78, 5) is 0. The van der Waals surface area contributed by atoms with Gasteiger partial charge in [0, 0.05) is 16.7 Å². The monoisotopic (exact) mass is 398 g/mol. The van der Waals surface area contributed by atoms with E-state index in [2.05, 4.69) is 50.0 Å². The van der Waals surface area contributed by atoms with Crippen LogP contribution in [0.25, 0.3) is 11.1 Å². The van der Waals surface area contributed by atoms with Crippen LogP contribution >= 0.6 is 0 Å². The quantitative estimate of drug-likeness (QED) is 0.267. The molecule has 3 rings (SSSR count). The normalized spacial score (nSPS) is 10.5. The Balaban J connectivity index is 1.65. The molecule has 0 aromatic heterocycles. The van der Waals surface area contributed by atoms with Crippen molar-refractivity contribution in [2.75, 3.05) is 0 Å². The number of rotatable bonds is 8. The second-order valence-corrected chi connectivity index (χ2v) is 7.90. The van der Waals surface area contributed by atoms with Crippen LogP contribution in [0.1, 0.15) is 68.2 Å². The number of unbranched alkanes of at least 4 members (excludes halogenated alkanes) is 3. The molecular weight excluding hydrogens is 367 g/mol. The summed E-state index contributed by atoms with van der Waals surface area (Å²) in [6.45, 7) is 4.38. The molecule has 0 atom stereocenters. The minimum absolute atomic E-state index is 0.151. The summed E-state index contributed by atoms with van der Waals surface area (Å²) in [5.41, 5.74) is 5.93. The zero-order valence-corrected chi connectivity index (χ0v) is 18.2. The van der Waals surface area contributed by atoms with E-state index in [4.69, 9.17) is 0 Å². The van der Waals surface area contributed by atoms with E-state index in [0.29, 0.717) is 5.56 Å². The predicted octanol–water partition coefficient (Wildman–Crippen LogP) is 7.97. The summed E-state index contributed by atoms with van der Waals surface area (Å²) in [6.07, 6.45) is 8.06.